The number of rotatable bonds is 2. The van der Waals surface area contributed by atoms with Gasteiger partial charge in [-0.15, -0.1) is 16.0 Å². The molecular formula is C11H12NOS3-. The highest BCUT2D eigenvalue weighted by molar-refractivity contribution is 8.08. The summed E-state index contributed by atoms with van der Waals surface area (Å²) in [6.07, 6.45) is 2.77. The van der Waals surface area contributed by atoms with Crippen LogP contribution in [0.5, 0.6) is 0 Å². The van der Waals surface area contributed by atoms with Crippen LogP contribution in [0.15, 0.2) is 24.4 Å². The van der Waals surface area contributed by atoms with Crippen LogP contribution >= 0.6 is 24.0 Å². The third-order valence-corrected chi connectivity index (χ3v) is 4.80. The Hall–Kier alpha value is -0.230. The predicted molar refractivity (Wildman–Crippen MR) is 73.5 cm³/mol. The molecule has 0 saturated carbocycles. The molecule has 1 aliphatic rings. The van der Waals surface area contributed by atoms with Crippen molar-refractivity contribution in [2.75, 3.05) is 6.61 Å². The van der Waals surface area contributed by atoms with E-state index in [1.165, 1.54) is 0 Å². The molecular weight excluding hydrogens is 258 g/mol. The monoisotopic (exact) mass is 270 g/mol. The van der Waals surface area contributed by atoms with E-state index in [1.54, 1.807) is 18.0 Å². The molecule has 0 bridgehead atoms. The minimum Gasteiger partial charge on any atom is -0.429 e. The van der Waals surface area contributed by atoms with Gasteiger partial charge in [-0.05, 0) is 18.6 Å². The number of nitrogens with zero attached hydrogens (tertiary/aromatic N) is 1. The number of hydrogen-bond acceptors (Lipinski definition) is 5. The second-order valence-electron chi connectivity index (χ2n) is 3.68. The summed E-state index contributed by atoms with van der Waals surface area (Å²) >= 11 is 12.0. The first-order valence-electron chi connectivity index (χ1n) is 5.10. The lowest BCUT2D eigenvalue weighted by Gasteiger charge is -2.41. The van der Waals surface area contributed by atoms with Gasteiger partial charge in [-0.2, -0.15) is 0 Å². The van der Waals surface area contributed by atoms with Crippen LogP contribution in [0.2, 0.25) is 0 Å². The summed E-state index contributed by atoms with van der Waals surface area (Å²) in [5.41, 5.74) is 0.812. The van der Waals surface area contributed by atoms with E-state index in [0.717, 1.165) is 12.1 Å². The zero-order chi connectivity index (χ0) is 11.6. The fourth-order valence-corrected chi connectivity index (χ4v) is 3.53. The van der Waals surface area contributed by atoms with Gasteiger partial charge in [0.25, 0.3) is 0 Å². The van der Waals surface area contributed by atoms with Gasteiger partial charge in [-0.3, -0.25) is 4.98 Å². The first-order valence-corrected chi connectivity index (χ1v) is 6.79. The van der Waals surface area contributed by atoms with Gasteiger partial charge < -0.3 is 29.6 Å². The maximum Gasteiger partial charge on any atom is 0.164 e. The fourth-order valence-electron chi connectivity index (χ4n) is 1.65. The first-order chi connectivity index (χ1) is 7.65. The molecule has 1 aromatic heterocycles. The number of pyridine rings is 1. The average molecular weight is 270 g/mol. The van der Waals surface area contributed by atoms with Gasteiger partial charge >= 0.3 is 0 Å². The summed E-state index contributed by atoms with van der Waals surface area (Å²) in [5, 5.41) is 0.483. The van der Waals surface area contributed by atoms with E-state index in [2.05, 4.69) is 11.9 Å². The molecule has 0 N–H and O–H groups in total. The molecule has 2 nitrogen and oxygen atoms in total. The Morgan fingerprint density at radius 2 is 2.50 bits per heavy atom. The molecule has 1 aromatic rings. The molecule has 2 heterocycles. The van der Waals surface area contributed by atoms with Gasteiger partial charge in [0.1, 0.15) is 0 Å². The summed E-state index contributed by atoms with van der Waals surface area (Å²) in [4.78, 5) is 3.63. The van der Waals surface area contributed by atoms with Crippen LogP contribution in [0.25, 0.3) is 0 Å². The van der Waals surface area contributed by atoms with E-state index in [0.29, 0.717) is 16.1 Å². The molecule has 0 spiro atoms. The number of aromatic nitrogens is 1. The van der Waals surface area contributed by atoms with Gasteiger partial charge in [0.05, 0.1) is 12.3 Å². The number of ether oxygens (including phenoxy) is 1. The Morgan fingerprint density at radius 3 is 3.06 bits per heavy atom. The average Bonchev–Trinajstić information content (AvgIpc) is 2.30. The Morgan fingerprint density at radius 1 is 1.69 bits per heavy atom. The molecule has 0 radical (unpaired) electrons. The Balaban J connectivity index is 2.39. The summed E-state index contributed by atoms with van der Waals surface area (Å²) in [6, 6.07) is 5.73. The largest absolute Gasteiger partial charge is 0.429 e. The summed E-state index contributed by atoms with van der Waals surface area (Å²) in [6.45, 7) is 2.85. The smallest absolute Gasteiger partial charge is 0.164 e. The minimum absolute atomic E-state index is 0.433. The highest BCUT2D eigenvalue weighted by Crippen LogP contribution is 2.44. The highest BCUT2D eigenvalue weighted by atomic mass is 32.2. The second kappa shape index (κ2) is 4.96. The molecule has 86 valence electrons. The third kappa shape index (κ3) is 2.22. The van der Waals surface area contributed by atoms with Gasteiger partial charge in [0.2, 0.25) is 0 Å². The molecule has 1 saturated heterocycles. The zero-order valence-corrected chi connectivity index (χ0v) is 11.3. The maximum atomic E-state index is 5.84. The Labute approximate surface area is 111 Å². The molecule has 1 fully saturated rings. The topological polar surface area (TPSA) is 22.1 Å². The molecule has 0 aromatic carbocycles. The van der Waals surface area contributed by atoms with Gasteiger partial charge in [-0.25, -0.2) is 0 Å². The maximum absolute atomic E-state index is 5.84. The standard InChI is InChI=1S/C11H13NOS3/c1-8-5-7-13-11(16-8,10(14)15)9-4-2-3-6-12-9/h2-4,6,8H,5,7H2,1H3,(H,14,15)/p-1. The van der Waals surface area contributed by atoms with E-state index < -0.39 is 4.93 Å². The molecule has 2 rings (SSSR count). The molecule has 5 heteroatoms. The van der Waals surface area contributed by atoms with Gasteiger partial charge in [0, 0.05) is 11.4 Å². The van der Waals surface area contributed by atoms with Crippen LogP contribution < -0.4 is 0 Å². The molecule has 2 unspecified atom stereocenters. The van der Waals surface area contributed by atoms with E-state index in [9.17, 15) is 0 Å². The lowest BCUT2D eigenvalue weighted by molar-refractivity contribution is 0.0611. The zero-order valence-electron chi connectivity index (χ0n) is 8.88. The molecule has 2 atom stereocenters. The molecule has 0 aliphatic carbocycles. The van der Waals surface area contributed by atoms with Crippen molar-refractivity contribution in [2.24, 2.45) is 0 Å². The Kier molecular flexibility index (Phi) is 3.79. The summed E-state index contributed by atoms with van der Waals surface area (Å²) in [5.74, 6) is 0. The van der Waals surface area contributed by atoms with Crippen LogP contribution in [0.1, 0.15) is 19.0 Å². The lowest BCUT2D eigenvalue weighted by Crippen LogP contribution is -2.39. The van der Waals surface area contributed by atoms with Crippen molar-refractivity contribution >= 4 is 40.8 Å². The second-order valence-corrected chi connectivity index (χ2v) is 6.37. The summed E-state index contributed by atoms with van der Waals surface area (Å²) in [7, 11) is 0. The van der Waals surface area contributed by atoms with Crippen molar-refractivity contribution in [2.45, 2.75) is 23.5 Å². The Bertz CT molecular complexity index is 384. The van der Waals surface area contributed by atoms with Crippen molar-refractivity contribution in [1.82, 2.24) is 4.98 Å². The van der Waals surface area contributed by atoms with Crippen LogP contribution in [-0.4, -0.2) is 21.0 Å². The number of hydrogen-bond donors (Lipinski definition) is 0. The van der Waals surface area contributed by atoms with E-state index >= 15 is 0 Å². The first kappa shape index (κ1) is 12.2. The van der Waals surface area contributed by atoms with E-state index in [1.807, 2.05) is 18.2 Å². The van der Waals surface area contributed by atoms with Crippen LogP contribution in [-0.2, 0) is 22.3 Å². The minimum atomic E-state index is -0.705. The molecule has 1 aliphatic heterocycles. The quantitative estimate of drug-likeness (QED) is 0.607. The third-order valence-electron chi connectivity index (χ3n) is 2.47. The fraction of sp³-hybridized carbons (Fsp3) is 0.455. The highest BCUT2D eigenvalue weighted by Gasteiger charge is 2.38. The number of thioether (sulfide) groups is 1. The lowest BCUT2D eigenvalue weighted by atomic mass is 10.2. The normalized spacial score (nSPS) is 29.9. The van der Waals surface area contributed by atoms with Crippen LogP contribution in [0, 0.1) is 0 Å². The van der Waals surface area contributed by atoms with Gasteiger partial charge in [0.15, 0.2) is 4.93 Å². The predicted octanol–water partition coefficient (Wildman–Crippen LogP) is 2.65. The van der Waals surface area contributed by atoms with Crippen molar-refractivity contribution in [3.63, 3.8) is 0 Å². The van der Waals surface area contributed by atoms with Crippen LogP contribution in [0.4, 0.5) is 0 Å². The van der Waals surface area contributed by atoms with Crippen molar-refractivity contribution in [3.05, 3.63) is 30.1 Å². The SMILES string of the molecule is CC1CCOC(C(=S)[S-])(c2ccccn2)S1. The molecule has 0 amide bonds. The van der Waals surface area contributed by atoms with Crippen molar-refractivity contribution in [1.29, 1.82) is 0 Å². The van der Waals surface area contributed by atoms with Crippen molar-refractivity contribution in [3.8, 4) is 0 Å². The number of thiocarbonyl (C=S) groups is 1. The van der Waals surface area contributed by atoms with E-state index in [-0.39, 0.29) is 0 Å². The van der Waals surface area contributed by atoms with Gasteiger partial charge in [-0.1, -0.05) is 13.0 Å². The van der Waals surface area contributed by atoms with Crippen LogP contribution in [0.3, 0.4) is 0 Å². The summed E-state index contributed by atoms with van der Waals surface area (Å²) < 4.78 is 6.27. The van der Waals surface area contributed by atoms with Crippen molar-refractivity contribution < 1.29 is 4.74 Å². The molecule has 16 heavy (non-hydrogen) atoms. The van der Waals surface area contributed by atoms with E-state index in [4.69, 9.17) is 29.6 Å².